The molecule has 1 fully saturated rings. The Morgan fingerprint density at radius 2 is 1.94 bits per heavy atom. The first kappa shape index (κ1) is 13.3. The van der Waals surface area contributed by atoms with Crippen LogP contribution in [0, 0.1) is 5.41 Å². The van der Waals surface area contributed by atoms with Gasteiger partial charge in [0.25, 0.3) is 0 Å². The van der Waals surface area contributed by atoms with Crippen molar-refractivity contribution in [1.82, 2.24) is 0 Å². The zero-order valence-electron chi connectivity index (χ0n) is 10.9. The van der Waals surface area contributed by atoms with Crippen molar-refractivity contribution in [3.63, 3.8) is 0 Å². The van der Waals surface area contributed by atoms with Crippen LogP contribution in [0.1, 0.15) is 6.92 Å². The van der Waals surface area contributed by atoms with Crippen LogP contribution in [-0.4, -0.2) is 34.0 Å². The van der Waals surface area contributed by atoms with Crippen molar-refractivity contribution in [3.05, 3.63) is 17.2 Å². The predicted octanol–water partition coefficient (Wildman–Crippen LogP) is 2.81. The molecule has 4 nitrogen and oxygen atoms in total. The molecule has 0 aliphatic carbocycles. The molecule has 1 heterocycles. The van der Waals surface area contributed by atoms with Crippen molar-refractivity contribution in [2.24, 2.45) is 5.41 Å². The maximum absolute atomic E-state index is 6.06. The van der Waals surface area contributed by atoms with E-state index in [1.54, 1.807) is 20.3 Å². The van der Waals surface area contributed by atoms with Gasteiger partial charge in [0.2, 0.25) is 0 Å². The highest BCUT2D eigenvalue weighted by atomic mass is 35.5. The first-order valence-corrected chi connectivity index (χ1v) is 6.19. The molecule has 1 aromatic rings. The average Bonchev–Trinajstić information content (AvgIpc) is 2.34. The van der Waals surface area contributed by atoms with Crippen molar-refractivity contribution < 1.29 is 14.2 Å². The first-order chi connectivity index (χ1) is 8.58. The molecule has 0 unspecified atom stereocenters. The van der Waals surface area contributed by atoms with Gasteiger partial charge < -0.3 is 19.5 Å². The van der Waals surface area contributed by atoms with Gasteiger partial charge in [0, 0.05) is 24.1 Å². The Labute approximate surface area is 112 Å². The zero-order chi connectivity index (χ0) is 13.2. The number of halogens is 1. The Morgan fingerprint density at radius 1 is 1.28 bits per heavy atom. The predicted molar refractivity (Wildman–Crippen MR) is 72.0 cm³/mol. The molecule has 5 heteroatoms. The summed E-state index contributed by atoms with van der Waals surface area (Å²) in [5.41, 5.74) is 1.07. The molecule has 0 spiro atoms. The Bertz CT molecular complexity index is 432. The summed E-state index contributed by atoms with van der Waals surface area (Å²) in [6, 6.07) is 3.60. The summed E-state index contributed by atoms with van der Waals surface area (Å²) in [5, 5.41) is 3.90. The van der Waals surface area contributed by atoms with E-state index in [0.717, 1.165) is 25.4 Å². The van der Waals surface area contributed by atoms with E-state index in [1.807, 2.05) is 6.07 Å². The van der Waals surface area contributed by atoms with Crippen LogP contribution >= 0.6 is 11.6 Å². The lowest BCUT2D eigenvalue weighted by molar-refractivity contribution is -0.0924. The summed E-state index contributed by atoms with van der Waals surface area (Å²) >= 11 is 6.06. The summed E-state index contributed by atoms with van der Waals surface area (Å²) in [6.07, 6.45) is 0. The lowest BCUT2D eigenvalue weighted by atomic mass is 9.88. The van der Waals surface area contributed by atoms with Crippen LogP contribution in [0.25, 0.3) is 0 Å². The summed E-state index contributed by atoms with van der Waals surface area (Å²) < 4.78 is 15.7. The Kier molecular flexibility index (Phi) is 3.88. The molecule has 0 radical (unpaired) electrons. The highest BCUT2D eigenvalue weighted by Gasteiger charge is 2.33. The van der Waals surface area contributed by atoms with Crippen molar-refractivity contribution in [2.45, 2.75) is 6.92 Å². The monoisotopic (exact) mass is 271 g/mol. The third kappa shape index (κ3) is 2.65. The van der Waals surface area contributed by atoms with E-state index in [9.17, 15) is 0 Å². The van der Waals surface area contributed by atoms with E-state index in [2.05, 4.69) is 12.2 Å². The number of nitrogens with one attached hydrogen (secondary N) is 1. The van der Waals surface area contributed by atoms with E-state index in [-0.39, 0.29) is 5.41 Å². The number of methoxy groups -OCH3 is 2. The van der Waals surface area contributed by atoms with E-state index < -0.39 is 0 Å². The largest absolute Gasteiger partial charge is 0.495 e. The molecule has 2 rings (SSSR count). The third-order valence-electron chi connectivity index (χ3n) is 3.08. The van der Waals surface area contributed by atoms with Crippen LogP contribution in [0.2, 0.25) is 5.02 Å². The molecular weight excluding hydrogens is 254 g/mol. The molecule has 0 aromatic heterocycles. The highest BCUT2D eigenvalue weighted by molar-refractivity contribution is 6.32. The minimum Gasteiger partial charge on any atom is -0.495 e. The Balaban J connectivity index is 2.14. The van der Waals surface area contributed by atoms with Crippen LogP contribution in [0.15, 0.2) is 12.1 Å². The van der Waals surface area contributed by atoms with Gasteiger partial charge in [0.05, 0.1) is 38.1 Å². The summed E-state index contributed by atoms with van der Waals surface area (Å²) in [4.78, 5) is 0. The normalized spacial score (nSPS) is 16.9. The first-order valence-electron chi connectivity index (χ1n) is 5.81. The second-order valence-electron chi connectivity index (χ2n) is 4.84. The minimum absolute atomic E-state index is 0.192. The summed E-state index contributed by atoms with van der Waals surface area (Å²) in [7, 11) is 3.22. The van der Waals surface area contributed by atoms with Gasteiger partial charge in [-0.25, -0.2) is 0 Å². The van der Waals surface area contributed by atoms with Gasteiger partial charge >= 0.3 is 0 Å². The number of ether oxygens (including phenoxy) is 3. The van der Waals surface area contributed by atoms with Crippen LogP contribution in [-0.2, 0) is 4.74 Å². The fraction of sp³-hybridized carbons (Fsp3) is 0.538. The maximum atomic E-state index is 6.06. The number of anilines is 1. The lowest BCUT2D eigenvalue weighted by Gasteiger charge is -2.38. The molecule has 1 aromatic carbocycles. The van der Waals surface area contributed by atoms with Crippen LogP contribution in [0.4, 0.5) is 5.69 Å². The molecule has 18 heavy (non-hydrogen) atoms. The average molecular weight is 272 g/mol. The van der Waals surface area contributed by atoms with Gasteiger partial charge in [-0.05, 0) is 0 Å². The second kappa shape index (κ2) is 5.24. The molecular formula is C13H18ClNO3. The molecule has 1 saturated heterocycles. The number of benzene rings is 1. The van der Waals surface area contributed by atoms with Gasteiger partial charge in [0.1, 0.15) is 11.5 Å². The van der Waals surface area contributed by atoms with Crippen LogP contribution < -0.4 is 14.8 Å². The standard InChI is InChI=1S/C13H18ClNO3/c1-13(7-18-8-13)6-15-10-5-11(16-2)9(14)4-12(10)17-3/h4-5,15H,6-8H2,1-3H3. The van der Waals surface area contributed by atoms with Gasteiger partial charge in [0.15, 0.2) is 0 Å². The zero-order valence-corrected chi connectivity index (χ0v) is 11.6. The summed E-state index contributed by atoms with van der Waals surface area (Å²) in [6.45, 7) is 4.58. The lowest BCUT2D eigenvalue weighted by Crippen LogP contribution is -2.45. The van der Waals surface area contributed by atoms with Gasteiger partial charge in [-0.2, -0.15) is 0 Å². The number of rotatable bonds is 5. The quantitative estimate of drug-likeness (QED) is 0.894. The molecule has 1 N–H and O–H groups in total. The SMILES string of the molecule is COc1cc(NCC2(C)COC2)c(OC)cc1Cl. The molecule has 100 valence electrons. The molecule has 1 aliphatic heterocycles. The molecule has 0 saturated carbocycles. The van der Waals surface area contributed by atoms with E-state index in [0.29, 0.717) is 16.5 Å². The maximum Gasteiger partial charge on any atom is 0.143 e. The van der Waals surface area contributed by atoms with E-state index in [4.69, 9.17) is 25.8 Å². The van der Waals surface area contributed by atoms with Crippen LogP contribution in [0.5, 0.6) is 11.5 Å². The second-order valence-corrected chi connectivity index (χ2v) is 5.25. The fourth-order valence-electron chi connectivity index (χ4n) is 1.86. The van der Waals surface area contributed by atoms with Gasteiger partial charge in [-0.15, -0.1) is 0 Å². The van der Waals surface area contributed by atoms with Crippen molar-refractivity contribution in [3.8, 4) is 11.5 Å². The molecule has 0 bridgehead atoms. The minimum atomic E-state index is 0.192. The van der Waals surface area contributed by atoms with Gasteiger partial charge in [-0.1, -0.05) is 18.5 Å². The molecule has 0 amide bonds. The number of hydrogen-bond acceptors (Lipinski definition) is 4. The fourth-order valence-corrected chi connectivity index (χ4v) is 2.09. The van der Waals surface area contributed by atoms with Crippen LogP contribution in [0.3, 0.4) is 0 Å². The molecule has 1 aliphatic rings. The van der Waals surface area contributed by atoms with E-state index >= 15 is 0 Å². The van der Waals surface area contributed by atoms with Crippen molar-refractivity contribution in [2.75, 3.05) is 39.3 Å². The van der Waals surface area contributed by atoms with Gasteiger partial charge in [-0.3, -0.25) is 0 Å². The number of hydrogen-bond donors (Lipinski definition) is 1. The van der Waals surface area contributed by atoms with Crippen molar-refractivity contribution in [1.29, 1.82) is 0 Å². The topological polar surface area (TPSA) is 39.7 Å². The molecule has 0 atom stereocenters. The summed E-state index contributed by atoms with van der Waals surface area (Å²) in [5.74, 6) is 1.35. The Morgan fingerprint density at radius 3 is 2.44 bits per heavy atom. The Hall–Kier alpha value is -1.13. The van der Waals surface area contributed by atoms with E-state index in [1.165, 1.54) is 0 Å². The third-order valence-corrected chi connectivity index (χ3v) is 3.38. The smallest absolute Gasteiger partial charge is 0.143 e. The highest BCUT2D eigenvalue weighted by Crippen LogP contribution is 2.37. The van der Waals surface area contributed by atoms with Crippen molar-refractivity contribution >= 4 is 17.3 Å².